The quantitative estimate of drug-likeness (QED) is 0.892. The molecule has 1 aliphatic heterocycles. The van der Waals surface area contributed by atoms with Crippen molar-refractivity contribution in [2.45, 2.75) is 24.2 Å². The normalized spacial score (nSPS) is 15.8. The van der Waals surface area contributed by atoms with Gasteiger partial charge in [0.1, 0.15) is 16.5 Å². The highest BCUT2D eigenvalue weighted by molar-refractivity contribution is 7.89. The molecule has 0 radical (unpaired) electrons. The third-order valence-corrected chi connectivity index (χ3v) is 4.20. The number of ether oxygens (including phenoxy) is 1. The molecule has 1 aromatic carbocycles. The number of hydrogen-bond donors (Lipinski definition) is 1. The zero-order valence-electron chi connectivity index (χ0n) is 11.4. The summed E-state index contributed by atoms with van der Waals surface area (Å²) in [4.78, 5) is 13.2. The molecular weight excluding hydrogens is 299 g/mol. The Hall–Kier alpha value is -1.67. The Bertz CT molecular complexity index is 627. The molecule has 1 aromatic rings. The number of hydrogen-bond acceptors (Lipinski definition) is 4. The Morgan fingerprint density at radius 2 is 1.95 bits per heavy atom. The van der Waals surface area contributed by atoms with Crippen LogP contribution in [0.4, 0.5) is 4.39 Å². The lowest BCUT2D eigenvalue weighted by molar-refractivity contribution is -0.134. The van der Waals surface area contributed by atoms with Gasteiger partial charge >= 0.3 is 0 Å². The minimum Gasteiger partial charge on any atom is -0.482 e. The van der Waals surface area contributed by atoms with Crippen molar-refractivity contribution >= 4 is 15.9 Å². The molecule has 1 fully saturated rings. The SMILES string of the molecule is NS(=O)(=O)c1cc(F)ccc1OCC(=O)N1CCCCC1. The molecule has 1 saturated heterocycles. The van der Waals surface area contributed by atoms with E-state index >= 15 is 0 Å². The van der Waals surface area contributed by atoms with Crippen molar-refractivity contribution in [1.29, 1.82) is 0 Å². The van der Waals surface area contributed by atoms with Gasteiger partial charge in [-0.1, -0.05) is 0 Å². The fourth-order valence-corrected chi connectivity index (χ4v) is 2.88. The molecule has 0 bridgehead atoms. The summed E-state index contributed by atoms with van der Waals surface area (Å²) in [5.41, 5.74) is 0. The Kier molecular flexibility index (Phi) is 4.79. The van der Waals surface area contributed by atoms with Gasteiger partial charge in [0.25, 0.3) is 5.91 Å². The molecule has 6 nitrogen and oxygen atoms in total. The highest BCUT2D eigenvalue weighted by Crippen LogP contribution is 2.23. The van der Waals surface area contributed by atoms with Crippen LogP contribution in [0.2, 0.25) is 0 Å². The molecule has 0 unspecified atom stereocenters. The molecule has 0 atom stereocenters. The van der Waals surface area contributed by atoms with Crippen LogP contribution in [-0.2, 0) is 14.8 Å². The maximum atomic E-state index is 13.1. The molecule has 1 amide bonds. The first kappa shape index (κ1) is 15.7. The first-order valence-corrected chi connectivity index (χ1v) is 8.15. The van der Waals surface area contributed by atoms with Crippen molar-refractivity contribution in [3.8, 4) is 5.75 Å². The Morgan fingerprint density at radius 1 is 1.29 bits per heavy atom. The van der Waals surface area contributed by atoms with Crippen molar-refractivity contribution in [2.75, 3.05) is 19.7 Å². The number of primary sulfonamides is 1. The Morgan fingerprint density at radius 3 is 2.57 bits per heavy atom. The van der Waals surface area contributed by atoms with Crippen LogP contribution in [0.15, 0.2) is 23.1 Å². The van der Waals surface area contributed by atoms with Gasteiger partial charge in [-0.05, 0) is 37.5 Å². The van der Waals surface area contributed by atoms with Gasteiger partial charge in [-0.2, -0.15) is 0 Å². The number of sulfonamides is 1. The van der Waals surface area contributed by atoms with Gasteiger partial charge in [0, 0.05) is 13.1 Å². The van der Waals surface area contributed by atoms with E-state index in [0.717, 1.165) is 37.5 Å². The molecular formula is C13H17FN2O4S. The smallest absolute Gasteiger partial charge is 0.260 e. The van der Waals surface area contributed by atoms with E-state index < -0.39 is 20.7 Å². The van der Waals surface area contributed by atoms with Crippen LogP contribution in [-0.4, -0.2) is 38.9 Å². The van der Waals surface area contributed by atoms with Crippen LogP contribution < -0.4 is 9.88 Å². The largest absolute Gasteiger partial charge is 0.482 e. The summed E-state index contributed by atoms with van der Waals surface area (Å²) in [6, 6.07) is 2.98. The monoisotopic (exact) mass is 316 g/mol. The van der Waals surface area contributed by atoms with E-state index in [9.17, 15) is 17.6 Å². The number of carbonyl (C=O) groups is 1. The van der Waals surface area contributed by atoms with Crippen molar-refractivity contribution in [3.05, 3.63) is 24.0 Å². The van der Waals surface area contributed by atoms with E-state index in [2.05, 4.69) is 0 Å². The van der Waals surface area contributed by atoms with Crippen LogP contribution in [0, 0.1) is 5.82 Å². The van der Waals surface area contributed by atoms with Gasteiger partial charge in [0.2, 0.25) is 10.0 Å². The summed E-state index contributed by atoms with van der Waals surface area (Å²) in [5.74, 6) is -1.09. The number of benzene rings is 1. The van der Waals surface area contributed by atoms with Gasteiger partial charge in [-0.3, -0.25) is 4.79 Å². The standard InChI is InChI=1S/C13H17FN2O4S/c14-10-4-5-11(12(8-10)21(15,18)19)20-9-13(17)16-6-2-1-3-7-16/h4-5,8H,1-3,6-7,9H2,(H2,15,18,19). The number of carbonyl (C=O) groups excluding carboxylic acids is 1. The second-order valence-corrected chi connectivity index (χ2v) is 6.40. The van der Waals surface area contributed by atoms with Crippen LogP contribution >= 0.6 is 0 Å². The topological polar surface area (TPSA) is 89.7 Å². The van der Waals surface area contributed by atoms with Gasteiger partial charge in [-0.15, -0.1) is 0 Å². The lowest BCUT2D eigenvalue weighted by atomic mass is 10.1. The molecule has 21 heavy (non-hydrogen) atoms. The van der Waals surface area contributed by atoms with E-state index in [1.54, 1.807) is 4.90 Å². The van der Waals surface area contributed by atoms with E-state index in [1.807, 2.05) is 0 Å². The first-order chi connectivity index (χ1) is 9.88. The fourth-order valence-electron chi connectivity index (χ4n) is 2.20. The number of halogens is 1. The average Bonchev–Trinajstić information content (AvgIpc) is 2.45. The number of nitrogens with two attached hydrogens (primary N) is 1. The molecule has 0 aliphatic carbocycles. The molecule has 2 N–H and O–H groups in total. The van der Waals surface area contributed by atoms with E-state index in [-0.39, 0.29) is 18.3 Å². The minimum atomic E-state index is -4.12. The molecule has 116 valence electrons. The minimum absolute atomic E-state index is 0.121. The van der Waals surface area contributed by atoms with Crippen molar-refractivity contribution in [3.63, 3.8) is 0 Å². The highest BCUT2D eigenvalue weighted by Gasteiger charge is 2.20. The number of nitrogens with zero attached hydrogens (tertiary/aromatic N) is 1. The Labute approximate surface area is 122 Å². The average molecular weight is 316 g/mol. The molecule has 1 aliphatic rings. The van der Waals surface area contributed by atoms with Gasteiger partial charge < -0.3 is 9.64 Å². The summed E-state index contributed by atoms with van der Waals surface area (Å²) in [6.07, 6.45) is 2.99. The number of rotatable bonds is 4. The zero-order chi connectivity index (χ0) is 15.5. The third-order valence-electron chi connectivity index (χ3n) is 3.27. The molecule has 8 heteroatoms. The van der Waals surface area contributed by atoms with Crippen LogP contribution in [0.3, 0.4) is 0 Å². The summed E-state index contributed by atoms with van der Waals surface area (Å²) in [6.45, 7) is 1.05. The van der Waals surface area contributed by atoms with E-state index in [0.29, 0.717) is 13.1 Å². The van der Waals surface area contributed by atoms with Gasteiger partial charge in [0.15, 0.2) is 6.61 Å². The fraction of sp³-hybridized carbons (Fsp3) is 0.462. The third kappa shape index (κ3) is 4.15. The highest BCUT2D eigenvalue weighted by atomic mass is 32.2. The lowest BCUT2D eigenvalue weighted by Gasteiger charge is -2.26. The lowest BCUT2D eigenvalue weighted by Crippen LogP contribution is -2.38. The Balaban J connectivity index is 2.08. The molecule has 0 saturated carbocycles. The first-order valence-electron chi connectivity index (χ1n) is 6.61. The van der Waals surface area contributed by atoms with Gasteiger partial charge in [-0.25, -0.2) is 17.9 Å². The summed E-state index contributed by atoms with van der Waals surface area (Å²) >= 11 is 0. The summed E-state index contributed by atoms with van der Waals surface area (Å²) in [7, 11) is -4.12. The molecule has 1 heterocycles. The van der Waals surface area contributed by atoms with E-state index in [1.165, 1.54) is 0 Å². The summed E-state index contributed by atoms with van der Waals surface area (Å²) in [5, 5.41) is 5.01. The number of likely N-dealkylation sites (tertiary alicyclic amines) is 1. The van der Waals surface area contributed by atoms with Crippen molar-refractivity contribution in [1.82, 2.24) is 4.90 Å². The molecule has 0 aromatic heterocycles. The second kappa shape index (κ2) is 6.40. The maximum absolute atomic E-state index is 13.1. The predicted octanol–water partition coefficient (Wildman–Crippen LogP) is 0.864. The van der Waals surface area contributed by atoms with Crippen LogP contribution in [0.25, 0.3) is 0 Å². The predicted molar refractivity (Wildman–Crippen MR) is 73.7 cm³/mol. The molecule has 0 spiro atoms. The number of piperidine rings is 1. The molecule has 2 rings (SSSR count). The maximum Gasteiger partial charge on any atom is 0.260 e. The van der Waals surface area contributed by atoms with Crippen LogP contribution in [0.1, 0.15) is 19.3 Å². The summed E-state index contributed by atoms with van der Waals surface area (Å²) < 4.78 is 41.1. The van der Waals surface area contributed by atoms with Crippen molar-refractivity contribution in [2.24, 2.45) is 5.14 Å². The van der Waals surface area contributed by atoms with Crippen LogP contribution in [0.5, 0.6) is 5.75 Å². The number of amides is 1. The van der Waals surface area contributed by atoms with Crippen molar-refractivity contribution < 1.29 is 22.3 Å². The zero-order valence-corrected chi connectivity index (χ0v) is 12.2. The second-order valence-electron chi connectivity index (χ2n) is 4.87. The van der Waals surface area contributed by atoms with Gasteiger partial charge in [0.05, 0.1) is 0 Å². The van der Waals surface area contributed by atoms with E-state index in [4.69, 9.17) is 9.88 Å².